The number of sulfone groups is 1. The molecule has 82 valence electrons. The van der Waals surface area contributed by atoms with Gasteiger partial charge in [-0.05, 0) is 19.3 Å². The van der Waals surface area contributed by atoms with Gasteiger partial charge >= 0.3 is 5.97 Å². The van der Waals surface area contributed by atoms with E-state index in [4.69, 9.17) is 10.8 Å². The van der Waals surface area contributed by atoms with Crippen molar-refractivity contribution < 1.29 is 18.3 Å². The molecule has 1 fully saturated rings. The molecular weight excluding hydrogens is 206 g/mol. The molecule has 5 nitrogen and oxygen atoms in total. The van der Waals surface area contributed by atoms with Crippen LogP contribution in [0.15, 0.2) is 0 Å². The normalized spacial score (nSPS) is 33.1. The molecule has 1 saturated carbocycles. The number of carbonyl (C=O) groups is 1. The van der Waals surface area contributed by atoms with Crippen LogP contribution in [-0.4, -0.2) is 36.0 Å². The summed E-state index contributed by atoms with van der Waals surface area (Å²) in [5.74, 6) is -1.06. The first kappa shape index (κ1) is 11.5. The number of carboxylic acids is 1. The third kappa shape index (κ3) is 1.90. The molecule has 6 heteroatoms. The number of hydrogen-bond acceptors (Lipinski definition) is 4. The predicted molar refractivity (Wildman–Crippen MR) is 51.7 cm³/mol. The summed E-state index contributed by atoms with van der Waals surface area (Å²) in [6, 6.07) is 0. The summed E-state index contributed by atoms with van der Waals surface area (Å²) in [6.07, 6.45) is 0.643. The molecule has 14 heavy (non-hydrogen) atoms. The van der Waals surface area contributed by atoms with Crippen LogP contribution >= 0.6 is 0 Å². The SMILES string of the molecule is CCS(=O)(=O)C1CCC(N)(C(=O)O)C1. The minimum Gasteiger partial charge on any atom is -0.480 e. The Morgan fingerprint density at radius 2 is 2.21 bits per heavy atom. The summed E-state index contributed by atoms with van der Waals surface area (Å²) in [5, 5.41) is 8.23. The van der Waals surface area contributed by atoms with Gasteiger partial charge in [0, 0.05) is 5.75 Å². The van der Waals surface area contributed by atoms with Crippen LogP contribution in [-0.2, 0) is 14.6 Å². The molecule has 0 aromatic heterocycles. The molecule has 1 rings (SSSR count). The zero-order chi connectivity index (χ0) is 11.0. The summed E-state index contributed by atoms with van der Waals surface area (Å²) >= 11 is 0. The highest BCUT2D eigenvalue weighted by atomic mass is 32.2. The van der Waals surface area contributed by atoms with Crippen LogP contribution in [0.3, 0.4) is 0 Å². The second-order valence-electron chi connectivity index (χ2n) is 3.78. The van der Waals surface area contributed by atoms with Crippen molar-refractivity contribution in [3.05, 3.63) is 0 Å². The van der Waals surface area contributed by atoms with Crippen LogP contribution in [0.2, 0.25) is 0 Å². The molecular formula is C8H15NO4S. The lowest BCUT2D eigenvalue weighted by atomic mass is 10.0. The molecule has 0 amide bonds. The highest BCUT2D eigenvalue weighted by Crippen LogP contribution is 2.32. The topological polar surface area (TPSA) is 97.5 Å². The van der Waals surface area contributed by atoms with E-state index in [1.54, 1.807) is 6.92 Å². The molecule has 2 unspecified atom stereocenters. The maximum absolute atomic E-state index is 11.5. The Bertz CT molecular complexity index is 337. The van der Waals surface area contributed by atoms with Crippen LogP contribution in [0, 0.1) is 0 Å². The van der Waals surface area contributed by atoms with E-state index in [0.717, 1.165) is 0 Å². The van der Waals surface area contributed by atoms with E-state index in [-0.39, 0.29) is 18.6 Å². The summed E-state index contributed by atoms with van der Waals surface area (Å²) in [6.45, 7) is 1.56. The second-order valence-corrected chi connectivity index (χ2v) is 6.35. The largest absolute Gasteiger partial charge is 0.480 e. The smallest absolute Gasteiger partial charge is 0.323 e. The van der Waals surface area contributed by atoms with E-state index in [2.05, 4.69) is 0 Å². The van der Waals surface area contributed by atoms with Crippen molar-refractivity contribution in [2.24, 2.45) is 5.73 Å². The lowest BCUT2D eigenvalue weighted by Gasteiger charge is -2.17. The summed E-state index contributed by atoms with van der Waals surface area (Å²) < 4.78 is 22.9. The van der Waals surface area contributed by atoms with Gasteiger partial charge in [-0.25, -0.2) is 8.42 Å². The molecule has 1 aliphatic carbocycles. The van der Waals surface area contributed by atoms with Gasteiger partial charge in [0.15, 0.2) is 9.84 Å². The number of hydrogen-bond donors (Lipinski definition) is 2. The molecule has 0 aromatic rings. The Balaban J connectivity index is 2.81. The summed E-state index contributed by atoms with van der Waals surface area (Å²) in [7, 11) is -3.15. The fourth-order valence-electron chi connectivity index (χ4n) is 1.77. The number of nitrogens with two attached hydrogens (primary N) is 1. The molecule has 0 heterocycles. The van der Waals surface area contributed by atoms with Gasteiger partial charge in [-0.15, -0.1) is 0 Å². The van der Waals surface area contributed by atoms with Gasteiger partial charge in [-0.1, -0.05) is 6.92 Å². The highest BCUT2D eigenvalue weighted by molar-refractivity contribution is 7.92. The maximum Gasteiger partial charge on any atom is 0.323 e. The summed E-state index contributed by atoms with van der Waals surface area (Å²) in [4.78, 5) is 10.8. The van der Waals surface area contributed by atoms with Crippen LogP contribution < -0.4 is 5.73 Å². The van der Waals surface area contributed by atoms with Crippen molar-refractivity contribution in [3.8, 4) is 0 Å². The molecule has 0 spiro atoms. The zero-order valence-corrected chi connectivity index (χ0v) is 8.88. The van der Waals surface area contributed by atoms with Crippen molar-refractivity contribution in [1.29, 1.82) is 0 Å². The average Bonchev–Trinajstić information content (AvgIpc) is 2.50. The van der Waals surface area contributed by atoms with Crippen molar-refractivity contribution in [3.63, 3.8) is 0 Å². The Morgan fingerprint density at radius 1 is 1.64 bits per heavy atom. The lowest BCUT2D eigenvalue weighted by Crippen LogP contribution is -2.46. The van der Waals surface area contributed by atoms with Crippen molar-refractivity contribution in [2.75, 3.05) is 5.75 Å². The lowest BCUT2D eigenvalue weighted by molar-refractivity contribution is -0.143. The molecule has 0 saturated heterocycles. The predicted octanol–water partition coefficient (Wildman–Crippen LogP) is -0.244. The Morgan fingerprint density at radius 3 is 2.57 bits per heavy atom. The minimum absolute atomic E-state index is 0.0402. The molecule has 0 aliphatic heterocycles. The molecule has 0 bridgehead atoms. The van der Waals surface area contributed by atoms with E-state index in [1.165, 1.54) is 0 Å². The molecule has 0 radical (unpaired) electrons. The van der Waals surface area contributed by atoms with Gasteiger partial charge in [-0.2, -0.15) is 0 Å². The van der Waals surface area contributed by atoms with E-state index in [0.29, 0.717) is 6.42 Å². The van der Waals surface area contributed by atoms with Crippen molar-refractivity contribution >= 4 is 15.8 Å². The van der Waals surface area contributed by atoms with E-state index >= 15 is 0 Å². The van der Waals surface area contributed by atoms with E-state index in [1.807, 2.05) is 0 Å². The van der Waals surface area contributed by atoms with E-state index < -0.39 is 26.6 Å². The van der Waals surface area contributed by atoms with Crippen LogP contribution in [0.5, 0.6) is 0 Å². The van der Waals surface area contributed by atoms with Gasteiger partial charge in [0.1, 0.15) is 5.54 Å². The first-order chi connectivity index (χ1) is 6.32. The zero-order valence-electron chi connectivity index (χ0n) is 8.06. The van der Waals surface area contributed by atoms with Gasteiger partial charge in [0.2, 0.25) is 0 Å². The summed E-state index contributed by atoms with van der Waals surface area (Å²) in [5.41, 5.74) is 4.24. The quantitative estimate of drug-likeness (QED) is 0.685. The van der Waals surface area contributed by atoms with Crippen molar-refractivity contribution in [2.45, 2.75) is 37.0 Å². The van der Waals surface area contributed by atoms with Crippen molar-refractivity contribution in [1.82, 2.24) is 0 Å². The van der Waals surface area contributed by atoms with Gasteiger partial charge in [0.05, 0.1) is 5.25 Å². The Hall–Kier alpha value is -0.620. The molecule has 0 aromatic carbocycles. The van der Waals surface area contributed by atoms with Crippen LogP contribution in [0.1, 0.15) is 26.2 Å². The number of rotatable bonds is 3. The molecule has 2 atom stereocenters. The second kappa shape index (κ2) is 3.51. The fraction of sp³-hybridized carbons (Fsp3) is 0.875. The van der Waals surface area contributed by atoms with Crippen LogP contribution in [0.4, 0.5) is 0 Å². The third-order valence-electron chi connectivity index (χ3n) is 2.84. The Labute approximate surface area is 83.2 Å². The Kier molecular flexibility index (Phi) is 2.87. The average molecular weight is 221 g/mol. The van der Waals surface area contributed by atoms with Gasteiger partial charge < -0.3 is 10.8 Å². The monoisotopic (exact) mass is 221 g/mol. The van der Waals surface area contributed by atoms with Gasteiger partial charge in [-0.3, -0.25) is 4.79 Å². The molecule has 3 N–H and O–H groups in total. The fourth-order valence-corrected chi connectivity index (χ4v) is 3.27. The minimum atomic E-state index is -3.15. The third-order valence-corrected chi connectivity index (χ3v) is 5.06. The van der Waals surface area contributed by atoms with E-state index in [9.17, 15) is 13.2 Å². The van der Waals surface area contributed by atoms with Gasteiger partial charge in [0.25, 0.3) is 0 Å². The van der Waals surface area contributed by atoms with Crippen LogP contribution in [0.25, 0.3) is 0 Å². The molecule has 1 aliphatic rings. The highest BCUT2D eigenvalue weighted by Gasteiger charge is 2.46. The first-order valence-electron chi connectivity index (χ1n) is 4.55. The standard InChI is InChI=1S/C8H15NO4S/c1-2-14(12,13)6-3-4-8(9,5-6)7(10)11/h6H,2-5,9H2,1H3,(H,10,11). The maximum atomic E-state index is 11.5. The first-order valence-corrected chi connectivity index (χ1v) is 6.27. The number of carboxylic acid groups (broad SMARTS) is 1. The number of aliphatic carboxylic acids is 1.